The molecule has 6 nitrogen and oxygen atoms in total. The second-order valence-corrected chi connectivity index (χ2v) is 8.04. The van der Waals surface area contributed by atoms with Crippen molar-refractivity contribution in [3.63, 3.8) is 0 Å². The van der Waals surface area contributed by atoms with E-state index in [0.717, 1.165) is 33.7 Å². The summed E-state index contributed by atoms with van der Waals surface area (Å²) >= 11 is 1.61. The molecule has 2 atom stereocenters. The number of carbonyl (C=O) groups excluding carboxylic acids is 3. The summed E-state index contributed by atoms with van der Waals surface area (Å²) in [6.45, 7) is 1.60. The van der Waals surface area contributed by atoms with Crippen molar-refractivity contribution in [1.82, 2.24) is 15.5 Å². The Morgan fingerprint density at radius 3 is 2.85 bits per heavy atom. The van der Waals surface area contributed by atoms with E-state index in [1.54, 1.807) is 11.3 Å². The molecule has 4 rings (SSSR count). The molecule has 2 heterocycles. The topological polar surface area (TPSA) is 78.5 Å². The van der Waals surface area contributed by atoms with Gasteiger partial charge in [-0.2, -0.15) is 0 Å². The third kappa shape index (κ3) is 3.02. The van der Waals surface area contributed by atoms with Gasteiger partial charge in [0.2, 0.25) is 5.91 Å². The van der Waals surface area contributed by atoms with Crippen LogP contribution in [-0.4, -0.2) is 29.3 Å². The van der Waals surface area contributed by atoms with Crippen molar-refractivity contribution in [1.29, 1.82) is 0 Å². The maximum absolute atomic E-state index is 13.1. The van der Waals surface area contributed by atoms with E-state index >= 15 is 0 Å². The molecule has 0 bridgehead atoms. The molecule has 27 heavy (non-hydrogen) atoms. The van der Waals surface area contributed by atoms with Crippen LogP contribution in [0.5, 0.6) is 0 Å². The number of nitrogens with zero attached hydrogens (tertiary/aromatic N) is 1. The predicted octanol–water partition coefficient (Wildman–Crippen LogP) is 2.71. The van der Waals surface area contributed by atoms with Gasteiger partial charge >= 0.3 is 6.03 Å². The van der Waals surface area contributed by atoms with E-state index in [1.807, 2.05) is 48.7 Å². The molecule has 7 heteroatoms. The average Bonchev–Trinajstić information content (AvgIpc) is 3.23. The highest BCUT2D eigenvalue weighted by atomic mass is 32.1. The number of hydrogen-bond acceptors (Lipinski definition) is 4. The maximum atomic E-state index is 13.1. The van der Waals surface area contributed by atoms with Crippen LogP contribution in [0, 0.1) is 0 Å². The van der Waals surface area contributed by atoms with Crippen LogP contribution in [0.3, 0.4) is 0 Å². The van der Waals surface area contributed by atoms with Crippen molar-refractivity contribution in [3.05, 3.63) is 57.8 Å². The summed E-state index contributed by atoms with van der Waals surface area (Å²) < 4.78 is 0. The van der Waals surface area contributed by atoms with Gasteiger partial charge in [0, 0.05) is 10.4 Å². The van der Waals surface area contributed by atoms with Gasteiger partial charge < -0.3 is 10.6 Å². The SMILES string of the molecule is CC(NC(=O)CN1C(=O)NC2(CCCc3sccc32)C1=O)c1ccccc1. The molecule has 4 amide bonds. The zero-order valence-electron chi connectivity index (χ0n) is 15.0. The van der Waals surface area contributed by atoms with Crippen LogP contribution >= 0.6 is 11.3 Å². The Labute approximate surface area is 161 Å². The second-order valence-electron chi connectivity index (χ2n) is 7.04. The smallest absolute Gasteiger partial charge is 0.325 e. The van der Waals surface area contributed by atoms with Gasteiger partial charge in [0.25, 0.3) is 5.91 Å². The summed E-state index contributed by atoms with van der Waals surface area (Å²) in [5.74, 6) is -0.678. The second kappa shape index (κ2) is 6.81. The fourth-order valence-corrected chi connectivity index (χ4v) is 4.94. The molecule has 1 aromatic carbocycles. The van der Waals surface area contributed by atoms with Crippen LogP contribution in [-0.2, 0) is 21.5 Å². The first kappa shape index (κ1) is 17.7. The van der Waals surface area contributed by atoms with Crippen LogP contribution < -0.4 is 10.6 Å². The molecule has 1 fully saturated rings. The molecule has 2 unspecified atom stereocenters. The Morgan fingerprint density at radius 2 is 2.07 bits per heavy atom. The number of amides is 4. The summed E-state index contributed by atoms with van der Waals surface area (Å²) in [4.78, 5) is 40.2. The third-order valence-electron chi connectivity index (χ3n) is 5.32. The fraction of sp³-hybridized carbons (Fsp3) is 0.350. The van der Waals surface area contributed by atoms with E-state index in [-0.39, 0.29) is 24.4 Å². The van der Waals surface area contributed by atoms with Gasteiger partial charge in [-0.3, -0.25) is 14.5 Å². The predicted molar refractivity (Wildman–Crippen MR) is 102 cm³/mol. The van der Waals surface area contributed by atoms with Gasteiger partial charge in [0.15, 0.2) is 0 Å². The molecule has 1 spiro atoms. The highest BCUT2D eigenvalue weighted by Gasteiger charge is 2.54. The van der Waals surface area contributed by atoms with Gasteiger partial charge in [-0.15, -0.1) is 11.3 Å². The molecule has 1 aliphatic heterocycles. The molecule has 0 radical (unpaired) electrons. The van der Waals surface area contributed by atoms with Crippen molar-refractivity contribution < 1.29 is 14.4 Å². The first-order valence-corrected chi connectivity index (χ1v) is 9.94. The Bertz CT molecular complexity index is 895. The standard InChI is InChI=1S/C20H21N3O3S/c1-13(14-6-3-2-4-7-14)21-17(24)12-23-18(25)20(22-19(23)26)10-5-8-16-15(20)9-11-27-16/h2-4,6-7,9,11,13H,5,8,10,12H2,1H3,(H,21,24)(H,22,26). The molecule has 1 saturated heterocycles. The van der Waals surface area contributed by atoms with Gasteiger partial charge in [-0.25, -0.2) is 4.79 Å². The van der Waals surface area contributed by atoms with E-state index in [2.05, 4.69) is 10.6 Å². The minimum atomic E-state index is -1.00. The van der Waals surface area contributed by atoms with E-state index in [0.29, 0.717) is 6.42 Å². The summed E-state index contributed by atoms with van der Waals surface area (Å²) in [7, 11) is 0. The van der Waals surface area contributed by atoms with Crippen molar-refractivity contribution in [3.8, 4) is 0 Å². The highest BCUT2D eigenvalue weighted by Crippen LogP contribution is 2.42. The molecule has 2 aromatic rings. The highest BCUT2D eigenvalue weighted by molar-refractivity contribution is 7.10. The minimum Gasteiger partial charge on any atom is -0.348 e. The molecular weight excluding hydrogens is 362 g/mol. The van der Waals surface area contributed by atoms with Gasteiger partial charge in [-0.05, 0) is 43.2 Å². The number of imide groups is 1. The molecule has 0 saturated carbocycles. The number of urea groups is 1. The number of carbonyl (C=O) groups is 3. The van der Waals surface area contributed by atoms with E-state index in [1.165, 1.54) is 0 Å². The van der Waals surface area contributed by atoms with Crippen LogP contribution in [0.4, 0.5) is 4.79 Å². The number of thiophene rings is 1. The molecule has 140 valence electrons. The van der Waals surface area contributed by atoms with Crippen LogP contribution in [0.15, 0.2) is 41.8 Å². The largest absolute Gasteiger partial charge is 0.348 e. The number of aryl methyl sites for hydroxylation is 1. The van der Waals surface area contributed by atoms with Gasteiger partial charge in [-0.1, -0.05) is 30.3 Å². The van der Waals surface area contributed by atoms with Crippen molar-refractivity contribution in [2.75, 3.05) is 6.54 Å². The molecule has 2 aliphatic rings. The number of benzene rings is 1. The van der Waals surface area contributed by atoms with Gasteiger partial charge in [0.1, 0.15) is 12.1 Å². The van der Waals surface area contributed by atoms with Crippen molar-refractivity contribution in [2.45, 2.75) is 37.8 Å². The summed E-state index contributed by atoms with van der Waals surface area (Å²) in [6, 6.07) is 10.8. The summed E-state index contributed by atoms with van der Waals surface area (Å²) in [5.41, 5.74) is 0.850. The lowest BCUT2D eigenvalue weighted by atomic mass is 9.80. The lowest BCUT2D eigenvalue weighted by molar-refractivity contribution is -0.135. The Hall–Kier alpha value is -2.67. The van der Waals surface area contributed by atoms with Crippen LogP contribution in [0.2, 0.25) is 0 Å². The zero-order chi connectivity index (χ0) is 19.0. The molecular formula is C20H21N3O3S. The lowest BCUT2D eigenvalue weighted by Crippen LogP contribution is -2.47. The van der Waals surface area contributed by atoms with Crippen LogP contribution in [0.1, 0.15) is 41.8 Å². The number of fused-ring (bicyclic) bond motifs is 2. The van der Waals surface area contributed by atoms with Gasteiger partial charge in [0.05, 0.1) is 6.04 Å². The zero-order valence-corrected chi connectivity index (χ0v) is 15.8. The Morgan fingerprint density at radius 1 is 1.30 bits per heavy atom. The first-order valence-electron chi connectivity index (χ1n) is 9.06. The van der Waals surface area contributed by atoms with E-state index < -0.39 is 11.6 Å². The van der Waals surface area contributed by atoms with E-state index in [9.17, 15) is 14.4 Å². The maximum Gasteiger partial charge on any atom is 0.325 e. The summed E-state index contributed by atoms with van der Waals surface area (Å²) in [6.07, 6.45) is 2.33. The van der Waals surface area contributed by atoms with Crippen molar-refractivity contribution >= 4 is 29.2 Å². The monoisotopic (exact) mass is 383 g/mol. The Balaban J connectivity index is 1.48. The normalized spacial score (nSPS) is 22.5. The number of nitrogens with one attached hydrogen (secondary N) is 2. The van der Waals surface area contributed by atoms with Crippen LogP contribution in [0.25, 0.3) is 0 Å². The molecule has 2 N–H and O–H groups in total. The molecule has 1 aromatic heterocycles. The first-order chi connectivity index (χ1) is 13.0. The fourth-order valence-electron chi connectivity index (χ4n) is 3.94. The molecule has 1 aliphatic carbocycles. The number of rotatable bonds is 4. The quantitative estimate of drug-likeness (QED) is 0.797. The number of hydrogen-bond donors (Lipinski definition) is 2. The third-order valence-corrected chi connectivity index (χ3v) is 6.30. The Kier molecular flexibility index (Phi) is 4.47. The lowest BCUT2D eigenvalue weighted by Gasteiger charge is -2.31. The summed E-state index contributed by atoms with van der Waals surface area (Å²) in [5, 5.41) is 7.68. The minimum absolute atomic E-state index is 0.202. The average molecular weight is 383 g/mol. The van der Waals surface area contributed by atoms with E-state index in [4.69, 9.17) is 0 Å². The van der Waals surface area contributed by atoms with Crippen molar-refractivity contribution in [2.24, 2.45) is 0 Å².